The molecule has 0 unspecified atom stereocenters. The Labute approximate surface area is 171 Å². The first-order chi connectivity index (χ1) is 13.7. The molecule has 0 fully saturated rings. The summed E-state index contributed by atoms with van der Waals surface area (Å²) < 4.78 is 21.1. The molecule has 0 N–H and O–H groups in total. The van der Waals surface area contributed by atoms with Gasteiger partial charge in [-0.2, -0.15) is 5.10 Å². The zero-order valence-electron chi connectivity index (χ0n) is 15.1. The maximum atomic E-state index is 13.9. The Morgan fingerprint density at radius 3 is 2.82 bits per heavy atom. The molecule has 2 aromatic carbocycles. The van der Waals surface area contributed by atoms with E-state index in [4.69, 9.17) is 16.3 Å². The highest BCUT2D eigenvalue weighted by Gasteiger charge is 2.12. The number of benzene rings is 2. The summed E-state index contributed by atoms with van der Waals surface area (Å²) in [6, 6.07) is 14.3. The number of halogens is 2. The molecule has 0 aliphatic rings. The monoisotopic (exact) mass is 413 g/mol. The van der Waals surface area contributed by atoms with Crippen molar-refractivity contribution >= 4 is 28.9 Å². The van der Waals surface area contributed by atoms with Crippen molar-refractivity contribution in [3.05, 3.63) is 77.3 Å². The fourth-order valence-corrected chi connectivity index (χ4v) is 4.04. The van der Waals surface area contributed by atoms with Crippen LogP contribution in [-0.2, 0) is 5.75 Å². The Kier molecular flexibility index (Phi) is 5.50. The lowest BCUT2D eigenvalue weighted by atomic mass is 10.1. The average Bonchev–Trinajstić information content (AvgIpc) is 3.14. The van der Waals surface area contributed by atoms with Crippen molar-refractivity contribution in [1.82, 2.24) is 14.6 Å². The van der Waals surface area contributed by atoms with E-state index < -0.39 is 0 Å². The Hall–Kier alpha value is -2.57. The van der Waals surface area contributed by atoms with Crippen molar-refractivity contribution in [2.24, 2.45) is 0 Å². The summed E-state index contributed by atoms with van der Waals surface area (Å²) in [6.45, 7) is 2.47. The molecule has 0 aliphatic heterocycles. The van der Waals surface area contributed by atoms with E-state index in [0.717, 1.165) is 21.8 Å². The number of thioether (sulfide) groups is 1. The highest BCUT2D eigenvalue weighted by Crippen LogP contribution is 2.32. The van der Waals surface area contributed by atoms with Gasteiger partial charge in [-0.15, -0.1) is 0 Å². The van der Waals surface area contributed by atoms with Crippen LogP contribution in [0.3, 0.4) is 0 Å². The number of rotatable bonds is 6. The highest BCUT2D eigenvalue weighted by atomic mass is 35.5. The molecule has 0 saturated carbocycles. The highest BCUT2D eigenvalue weighted by molar-refractivity contribution is 7.98. The average molecular weight is 414 g/mol. The molecule has 4 rings (SSSR count). The van der Waals surface area contributed by atoms with Crippen molar-refractivity contribution in [3.8, 4) is 17.0 Å². The first kappa shape index (κ1) is 18.8. The zero-order chi connectivity index (χ0) is 19.5. The topological polar surface area (TPSA) is 39.4 Å². The van der Waals surface area contributed by atoms with Crippen molar-refractivity contribution in [2.45, 2.75) is 17.7 Å². The molecule has 0 spiro atoms. The van der Waals surface area contributed by atoms with Gasteiger partial charge in [-0.3, -0.25) is 0 Å². The lowest BCUT2D eigenvalue weighted by Crippen LogP contribution is -1.93. The van der Waals surface area contributed by atoms with Crippen LogP contribution in [-0.4, -0.2) is 21.2 Å². The summed E-state index contributed by atoms with van der Waals surface area (Å²) in [6.07, 6.45) is 3.49. The van der Waals surface area contributed by atoms with E-state index >= 15 is 0 Å². The summed E-state index contributed by atoms with van der Waals surface area (Å²) in [5, 5.41) is 5.96. The first-order valence-corrected chi connectivity index (χ1v) is 10.2. The van der Waals surface area contributed by atoms with Crippen molar-refractivity contribution < 1.29 is 9.13 Å². The molecule has 4 nitrogen and oxygen atoms in total. The number of fused-ring (bicyclic) bond motifs is 1. The van der Waals surface area contributed by atoms with Crippen LogP contribution in [0.25, 0.3) is 16.8 Å². The number of hydrogen-bond donors (Lipinski definition) is 0. The standard InChI is InChI=1S/C21H17ClFN3OS/c1-2-27-20-8-7-14(11-16(20)22)18-12-19-21(24-9-10-26(19)25-18)28-13-15-5-3-4-6-17(15)23/h3-12H,2,13H2,1H3. The molecule has 0 saturated heterocycles. The van der Waals surface area contributed by atoms with E-state index in [2.05, 4.69) is 10.1 Å². The summed E-state index contributed by atoms with van der Waals surface area (Å²) in [4.78, 5) is 4.45. The molecular weight excluding hydrogens is 397 g/mol. The van der Waals surface area contributed by atoms with E-state index in [-0.39, 0.29) is 5.82 Å². The fraction of sp³-hybridized carbons (Fsp3) is 0.143. The van der Waals surface area contributed by atoms with Crippen LogP contribution >= 0.6 is 23.4 Å². The number of aromatic nitrogens is 3. The van der Waals surface area contributed by atoms with Crippen LogP contribution < -0.4 is 4.74 Å². The molecule has 2 aromatic heterocycles. The Morgan fingerprint density at radius 2 is 2.04 bits per heavy atom. The fourth-order valence-electron chi connectivity index (χ4n) is 2.84. The number of ether oxygens (including phenoxy) is 1. The van der Waals surface area contributed by atoms with Gasteiger partial charge in [0.2, 0.25) is 0 Å². The van der Waals surface area contributed by atoms with Crippen LogP contribution in [0.4, 0.5) is 4.39 Å². The third kappa shape index (κ3) is 3.84. The SMILES string of the molecule is CCOc1ccc(-c2cc3c(SCc4ccccc4F)nccn3n2)cc1Cl. The molecule has 0 amide bonds. The molecule has 0 aliphatic carbocycles. The van der Waals surface area contributed by atoms with Gasteiger partial charge >= 0.3 is 0 Å². The second-order valence-corrected chi connectivity index (χ2v) is 7.42. The van der Waals surface area contributed by atoms with Crippen LogP contribution in [0.15, 0.2) is 66.0 Å². The van der Waals surface area contributed by atoms with Crippen LogP contribution in [0.5, 0.6) is 5.75 Å². The summed E-state index contributed by atoms with van der Waals surface area (Å²) >= 11 is 7.79. The van der Waals surface area contributed by atoms with Gasteiger partial charge in [0.15, 0.2) is 0 Å². The van der Waals surface area contributed by atoms with Gasteiger partial charge in [-0.25, -0.2) is 13.9 Å². The summed E-state index contributed by atoms with van der Waals surface area (Å²) in [7, 11) is 0. The number of nitrogens with zero attached hydrogens (tertiary/aromatic N) is 3. The normalized spacial score (nSPS) is 11.1. The molecule has 4 aromatic rings. The van der Waals surface area contributed by atoms with Crippen LogP contribution in [0.1, 0.15) is 12.5 Å². The molecular formula is C21H17ClFN3OS. The molecule has 28 heavy (non-hydrogen) atoms. The first-order valence-electron chi connectivity index (χ1n) is 8.79. The minimum Gasteiger partial charge on any atom is -0.492 e. The van der Waals surface area contributed by atoms with Gasteiger partial charge in [-0.1, -0.05) is 41.6 Å². The minimum atomic E-state index is -0.208. The van der Waals surface area contributed by atoms with E-state index in [0.29, 0.717) is 28.7 Å². The zero-order valence-corrected chi connectivity index (χ0v) is 16.7. The molecule has 7 heteroatoms. The summed E-state index contributed by atoms with van der Waals surface area (Å²) in [5.74, 6) is 0.939. The molecule has 0 radical (unpaired) electrons. The Balaban J connectivity index is 1.64. The quantitative estimate of drug-likeness (QED) is 0.370. The van der Waals surface area contributed by atoms with Crippen molar-refractivity contribution in [2.75, 3.05) is 6.61 Å². The Bertz CT molecular complexity index is 1130. The lowest BCUT2D eigenvalue weighted by molar-refractivity contribution is 0.340. The smallest absolute Gasteiger partial charge is 0.137 e. The maximum absolute atomic E-state index is 13.9. The molecule has 0 atom stereocenters. The second kappa shape index (κ2) is 8.20. The van der Waals surface area contributed by atoms with Crippen LogP contribution in [0.2, 0.25) is 5.02 Å². The minimum absolute atomic E-state index is 0.208. The van der Waals surface area contributed by atoms with E-state index in [1.165, 1.54) is 17.8 Å². The third-order valence-corrected chi connectivity index (χ3v) is 5.54. The predicted molar refractivity (Wildman–Crippen MR) is 111 cm³/mol. The van der Waals surface area contributed by atoms with Crippen molar-refractivity contribution in [3.63, 3.8) is 0 Å². The molecule has 2 heterocycles. The van der Waals surface area contributed by atoms with Gasteiger partial charge in [0.25, 0.3) is 0 Å². The largest absolute Gasteiger partial charge is 0.492 e. The van der Waals surface area contributed by atoms with Gasteiger partial charge in [0.1, 0.15) is 16.6 Å². The van der Waals surface area contributed by atoms with Gasteiger partial charge in [-0.05, 0) is 42.8 Å². The lowest BCUT2D eigenvalue weighted by Gasteiger charge is -2.06. The van der Waals surface area contributed by atoms with E-state index in [9.17, 15) is 4.39 Å². The van der Waals surface area contributed by atoms with Crippen molar-refractivity contribution in [1.29, 1.82) is 0 Å². The van der Waals surface area contributed by atoms with Gasteiger partial charge < -0.3 is 4.74 Å². The Morgan fingerprint density at radius 1 is 1.18 bits per heavy atom. The number of hydrogen-bond acceptors (Lipinski definition) is 4. The van der Waals surface area contributed by atoms with Crippen LogP contribution in [0, 0.1) is 5.82 Å². The van der Waals surface area contributed by atoms with Gasteiger partial charge in [0, 0.05) is 23.7 Å². The van der Waals surface area contributed by atoms with E-state index in [1.54, 1.807) is 29.0 Å². The van der Waals surface area contributed by atoms with E-state index in [1.807, 2.05) is 37.3 Å². The predicted octanol–water partition coefficient (Wildman–Crippen LogP) is 5.88. The second-order valence-electron chi connectivity index (χ2n) is 6.05. The van der Waals surface area contributed by atoms with Gasteiger partial charge in [0.05, 0.1) is 22.8 Å². The maximum Gasteiger partial charge on any atom is 0.137 e. The molecule has 142 valence electrons. The molecule has 0 bridgehead atoms. The third-order valence-electron chi connectivity index (χ3n) is 4.20. The summed E-state index contributed by atoms with van der Waals surface area (Å²) in [5.41, 5.74) is 3.19.